The molecule has 1 aromatic carbocycles. The zero-order valence-corrected chi connectivity index (χ0v) is 19.7. The van der Waals surface area contributed by atoms with E-state index in [-0.39, 0.29) is 62.7 Å². The minimum Gasteiger partial charge on any atom is -0.389 e. The number of hydrogen-bond acceptors (Lipinski definition) is 9. The van der Waals surface area contributed by atoms with E-state index in [0.717, 1.165) is 23.1 Å². The van der Waals surface area contributed by atoms with Crippen LogP contribution >= 0.6 is 11.3 Å². The largest absolute Gasteiger partial charge is 0.389 e. The van der Waals surface area contributed by atoms with Crippen molar-refractivity contribution < 1.29 is 18.3 Å². The Labute approximate surface area is 202 Å². The molecule has 2 N–H and O–H groups in total. The van der Waals surface area contributed by atoms with Gasteiger partial charge < -0.3 is 20.1 Å². The molecule has 2 aliphatic heterocycles. The minimum absolute atomic E-state index is 0.0354. The number of rotatable bonds is 3. The van der Waals surface area contributed by atoms with Crippen molar-refractivity contribution in [2.45, 2.75) is 26.2 Å². The number of nitriles is 1. The van der Waals surface area contributed by atoms with Crippen molar-refractivity contribution in [1.29, 1.82) is 5.26 Å². The van der Waals surface area contributed by atoms with Crippen LogP contribution in [0.1, 0.15) is 23.6 Å². The van der Waals surface area contributed by atoms with E-state index >= 15 is 4.39 Å². The van der Waals surface area contributed by atoms with Gasteiger partial charge >= 0.3 is 0 Å². The minimum atomic E-state index is -0.614. The predicted molar refractivity (Wildman–Crippen MR) is 128 cm³/mol. The van der Waals surface area contributed by atoms with E-state index < -0.39 is 11.6 Å². The first-order chi connectivity index (χ1) is 16.9. The SMILES string of the molecule is COC1CN(c2ncc3c4c(c(-c5ncc(F)c6sc(N)c(C#N)c56)c(F)c3n2)COC4)CC1C. The second-order valence-corrected chi connectivity index (χ2v) is 9.89. The third-order valence-electron chi connectivity index (χ3n) is 6.86. The number of thiophene rings is 1. The molecule has 6 rings (SSSR count). The molecule has 1 fully saturated rings. The molecule has 2 aliphatic rings. The molecule has 5 heterocycles. The fourth-order valence-electron chi connectivity index (χ4n) is 5.10. The Kier molecular flexibility index (Phi) is 5.07. The van der Waals surface area contributed by atoms with E-state index in [4.69, 9.17) is 15.2 Å². The zero-order valence-electron chi connectivity index (χ0n) is 18.9. The Morgan fingerprint density at radius 1 is 1.23 bits per heavy atom. The highest BCUT2D eigenvalue weighted by Crippen LogP contribution is 2.45. The standard InChI is InChI=1S/C24H20F2N6O2S/c1-10-6-32(7-16(10)33-2)24-30-4-12-13-8-34-9-14(13)17(19(26)20(12)31-24)21-18-11(3-27)23(28)35-22(18)15(25)5-29-21/h4-5,10,16H,6-9,28H2,1-2H3. The van der Waals surface area contributed by atoms with E-state index in [2.05, 4.69) is 21.9 Å². The van der Waals surface area contributed by atoms with Crippen LogP contribution in [0.15, 0.2) is 12.4 Å². The summed E-state index contributed by atoms with van der Waals surface area (Å²) in [6.07, 6.45) is 2.69. The van der Waals surface area contributed by atoms with Crippen molar-refractivity contribution in [3.63, 3.8) is 0 Å². The first-order valence-electron chi connectivity index (χ1n) is 11.0. The van der Waals surface area contributed by atoms with Gasteiger partial charge in [-0.3, -0.25) is 4.98 Å². The number of hydrogen-bond donors (Lipinski definition) is 1. The Bertz CT molecular complexity index is 1570. The van der Waals surface area contributed by atoms with E-state index in [1.54, 1.807) is 13.3 Å². The lowest BCUT2D eigenvalue weighted by Crippen LogP contribution is -2.24. The van der Waals surface area contributed by atoms with Crippen LogP contribution in [0.4, 0.5) is 19.7 Å². The number of anilines is 2. The maximum absolute atomic E-state index is 16.3. The first kappa shape index (κ1) is 22.0. The number of fused-ring (bicyclic) bond motifs is 4. The van der Waals surface area contributed by atoms with Gasteiger partial charge in [-0.2, -0.15) is 5.26 Å². The van der Waals surface area contributed by atoms with E-state index in [9.17, 15) is 9.65 Å². The van der Waals surface area contributed by atoms with Crippen LogP contribution in [0.5, 0.6) is 0 Å². The lowest BCUT2D eigenvalue weighted by molar-refractivity contribution is 0.0899. The van der Waals surface area contributed by atoms with E-state index in [1.165, 1.54) is 0 Å². The second kappa shape index (κ2) is 8.05. The molecule has 35 heavy (non-hydrogen) atoms. The van der Waals surface area contributed by atoms with Crippen molar-refractivity contribution in [1.82, 2.24) is 15.0 Å². The number of aromatic nitrogens is 3. The lowest BCUT2D eigenvalue weighted by Gasteiger charge is -2.18. The average molecular weight is 495 g/mol. The van der Waals surface area contributed by atoms with Gasteiger partial charge in [0.25, 0.3) is 0 Å². The fourth-order valence-corrected chi connectivity index (χ4v) is 6.02. The quantitative estimate of drug-likeness (QED) is 0.453. The number of nitrogens with zero attached hydrogens (tertiary/aromatic N) is 5. The summed E-state index contributed by atoms with van der Waals surface area (Å²) >= 11 is 0.946. The van der Waals surface area contributed by atoms with Crippen molar-refractivity contribution in [3.8, 4) is 17.3 Å². The number of nitrogen functional groups attached to an aromatic ring is 1. The third-order valence-corrected chi connectivity index (χ3v) is 7.89. The summed E-state index contributed by atoms with van der Waals surface area (Å²) in [5, 5.41) is 10.6. The fraction of sp³-hybridized carbons (Fsp3) is 0.333. The van der Waals surface area contributed by atoms with Crippen LogP contribution < -0.4 is 10.6 Å². The van der Waals surface area contributed by atoms with Gasteiger partial charge in [0.05, 0.1) is 41.5 Å². The summed E-state index contributed by atoms with van der Waals surface area (Å²) in [5.41, 5.74) is 7.86. The van der Waals surface area contributed by atoms with Gasteiger partial charge in [0.15, 0.2) is 11.6 Å². The summed E-state index contributed by atoms with van der Waals surface area (Å²) in [6.45, 7) is 3.79. The van der Waals surface area contributed by atoms with Crippen LogP contribution in [-0.4, -0.2) is 41.3 Å². The Morgan fingerprint density at radius 2 is 2.03 bits per heavy atom. The molecule has 0 radical (unpaired) electrons. The van der Waals surface area contributed by atoms with E-state index in [0.29, 0.717) is 30.0 Å². The van der Waals surface area contributed by atoms with Gasteiger partial charge in [0.1, 0.15) is 16.6 Å². The van der Waals surface area contributed by atoms with Crippen molar-refractivity contribution in [2.24, 2.45) is 5.92 Å². The van der Waals surface area contributed by atoms with Gasteiger partial charge in [-0.15, -0.1) is 11.3 Å². The van der Waals surface area contributed by atoms with Crippen LogP contribution in [0.25, 0.3) is 32.2 Å². The summed E-state index contributed by atoms with van der Waals surface area (Å²) in [7, 11) is 1.67. The van der Waals surface area contributed by atoms with Crippen molar-refractivity contribution >= 4 is 43.3 Å². The summed E-state index contributed by atoms with van der Waals surface area (Å²) in [4.78, 5) is 15.3. The molecule has 4 aromatic rings. The molecule has 0 amide bonds. The molecule has 178 valence electrons. The molecule has 2 atom stereocenters. The second-order valence-electron chi connectivity index (χ2n) is 8.84. The summed E-state index contributed by atoms with van der Waals surface area (Å²) in [5.74, 6) is -0.547. The van der Waals surface area contributed by atoms with Gasteiger partial charge in [0.2, 0.25) is 5.95 Å². The highest BCUT2D eigenvalue weighted by Gasteiger charge is 2.33. The number of methoxy groups -OCH3 is 1. The highest BCUT2D eigenvalue weighted by molar-refractivity contribution is 7.23. The number of ether oxygens (including phenoxy) is 2. The molecule has 0 bridgehead atoms. The molecule has 0 aliphatic carbocycles. The Hall–Kier alpha value is -3.46. The topological polar surface area (TPSA) is 110 Å². The molecular formula is C24H20F2N6O2S. The zero-order chi connectivity index (χ0) is 24.4. The van der Waals surface area contributed by atoms with Crippen molar-refractivity contribution in [2.75, 3.05) is 30.8 Å². The number of benzene rings is 1. The molecule has 8 nitrogen and oxygen atoms in total. The molecule has 1 saturated heterocycles. The van der Waals surface area contributed by atoms with Crippen molar-refractivity contribution in [3.05, 3.63) is 40.7 Å². The molecule has 0 saturated carbocycles. The monoisotopic (exact) mass is 494 g/mol. The highest BCUT2D eigenvalue weighted by atomic mass is 32.1. The third kappa shape index (κ3) is 3.17. The molecule has 3 aromatic heterocycles. The maximum Gasteiger partial charge on any atom is 0.226 e. The first-order valence-corrected chi connectivity index (χ1v) is 11.9. The summed E-state index contributed by atoms with van der Waals surface area (Å²) < 4.78 is 42.3. The number of pyridine rings is 1. The Balaban J connectivity index is 1.62. The molecular weight excluding hydrogens is 474 g/mol. The molecule has 11 heteroatoms. The van der Waals surface area contributed by atoms with Crippen LogP contribution in [0.2, 0.25) is 0 Å². The van der Waals surface area contributed by atoms with Crippen LogP contribution in [0.3, 0.4) is 0 Å². The predicted octanol–water partition coefficient (Wildman–Crippen LogP) is 4.14. The van der Waals surface area contributed by atoms with Gasteiger partial charge in [-0.05, 0) is 11.1 Å². The lowest BCUT2D eigenvalue weighted by atomic mass is 9.94. The summed E-state index contributed by atoms with van der Waals surface area (Å²) in [6, 6.07) is 2.02. The maximum atomic E-state index is 16.3. The number of halogens is 2. The van der Waals surface area contributed by atoms with Gasteiger partial charge in [0, 0.05) is 48.6 Å². The molecule has 2 unspecified atom stereocenters. The van der Waals surface area contributed by atoms with Crippen LogP contribution in [-0.2, 0) is 22.7 Å². The van der Waals surface area contributed by atoms with E-state index in [1.807, 2.05) is 11.0 Å². The molecule has 0 spiro atoms. The normalized spacial score (nSPS) is 19.6. The van der Waals surface area contributed by atoms with Gasteiger partial charge in [-0.1, -0.05) is 6.92 Å². The average Bonchev–Trinajstić information content (AvgIpc) is 3.57. The van der Waals surface area contributed by atoms with Gasteiger partial charge in [-0.25, -0.2) is 18.7 Å². The van der Waals surface area contributed by atoms with Crippen LogP contribution in [0, 0.1) is 28.9 Å². The smallest absolute Gasteiger partial charge is 0.226 e. The Morgan fingerprint density at radius 3 is 2.77 bits per heavy atom. The number of nitrogens with two attached hydrogens (primary N) is 1.